The quantitative estimate of drug-likeness (QED) is 0.367. The van der Waals surface area contributed by atoms with Crippen LogP contribution in [0.5, 0.6) is 5.75 Å². The Bertz CT molecular complexity index is 692. The second-order valence-electron chi connectivity index (χ2n) is 5.45. The molecule has 0 aliphatic carbocycles. The molecule has 2 aliphatic heterocycles. The lowest BCUT2D eigenvalue weighted by molar-refractivity contribution is -0.151. The summed E-state index contributed by atoms with van der Waals surface area (Å²) in [6.45, 7) is 0.105. The van der Waals surface area contributed by atoms with Crippen LogP contribution in [-0.2, 0) is 20.9 Å². The molecular formula is C16H17ClN2O4S+. The fourth-order valence-corrected chi connectivity index (χ4v) is 4.24. The van der Waals surface area contributed by atoms with Gasteiger partial charge in [-0.25, -0.2) is 0 Å². The van der Waals surface area contributed by atoms with Crippen LogP contribution in [0.3, 0.4) is 0 Å². The highest BCUT2D eigenvalue weighted by Crippen LogP contribution is 2.40. The van der Waals surface area contributed by atoms with Gasteiger partial charge in [0, 0.05) is 17.2 Å². The largest absolute Gasteiger partial charge is 0.624 e. The van der Waals surface area contributed by atoms with Gasteiger partial charge in [0.1, 0.15) is 17.2 Å². The molecule has 1 radical (unpaired) electrons. The Morgan fingerprint density at radius 3 is 2.79 bits per heavy atom. The Morgan fingerprint density at radius 2 is 2.17 bits per heavy atom. The van der Waals surface area contributed by atoms with Crippen molar-refractivity contribution < 1.29 is 19.1 Å². The zero-order valence-electron chi connectivity index (χ0n) is 13.0. The van der Waals surface area contributed by atoms with E-state index in [9.17, 15) is 9.59 Å². The Morgan fingerprint density at radius 1 is 1.46 bits per heavy atom. The molecule has 3 rings (SSSR count). The SMILES string of the molecule is COc1ccc(COC(=[O+])C2=C(CCl)CS[C@@H]3[C@H](N)C(=O)N23)cc1. The summed E-state index contributed by atoms with van der Waals surface area (Å²) in [7, 11) is 1.58. The normalized spacial score (nSPS) is 22.8. The minimum atomic E-state index is -0.573. The zero-order valence-corrected chi connectivity index (χ0v) is 14.6. The number of nitrogens with two attached hydrogens (primary N) is 1. The molecule has 1 aromatic carbocycles. The molecule has 8 heteroatoms. The zero-order chi connectivity index (χ0) is 17.3. The van der Waals surface area contributed by atoms with Crippen LogP contribution in [0.15, 0.2) is 35.5 Å². The van der Waals surface area contributed by atoms with Gasteiger partial charge in [-0.2, -0.15) is 0 Å². The second-order valence-corrected chi connectivity index (χ2v) is 6.82. The number of alkyl halides is 1. The van der Waals surface area contributed by atoms with Crippen LogP contribution < -0.4 is 10.5 Å². The summed E-state index contributed by atoms with van der Waals surface area (Å²) in [5.41, 5.74) is 7.55. The number of thioether (sulfide) groups is 1. The third-order valence-corrected chi connectivity index (χ3v) is 5.66. The van der Waals surface area contributed by atoms with Gasteiger partial charge in [-0.3, -0.25) is 9.69 Å². The third-order valence-electron chi connectivity index (χ3n) is 3.97. The fraction of sp³-hybridized carbons (Fsp3) is 0.375. The maximum absolute atomic E-state index is 12.5. The van der Waals surface area contributed by atoms with E-state index in [0.29, 0.717) is 11.3 Å². The van der Waals surface area contributed by atoms with Crippen molar-refractivity contribution in [1.29, 1.82) is 0 Å². The van der Waals surface area contributed by atoms with Crippen LogP contribution >= 0.6 is 23.4 Å². The van der Waals surface area contributed by atoms with Crippen LogP contribution in [-0.4, -0.2) is 46.9 Å². The molecule has 0 spiro atoms. The number of hydrogen-bond donors (Lipinski definition) is 1. The van der Waals surface area contributed by atoms with E-state index in [1.807, 2.05) is 12.1 Å². The summed E-state index contributed by atoms with van der Waals surface area (Å²) in [4.78, 5) is 25.9. The lowest BCUT2D eigenvalue weighted by atomic mass is 10.0. The number of benzene rings is 1. The Hall–Kier alpha value is -1.70. The first-order valence-electron chi connectivity index (χ1n) is 7.35. The van der Waals surface area contributed by atoms with Crippen molar-refractivity contribution in [3.63, 3.8) is 0 Å². The monoisotopic (exact) mass is 368 g/mol. The molecule has 127 valence electrons. The Labute approximate surface area is 148 Å². The predicted octanol–water partition coefficient (Wildman–Crippen LogP) is 1.47. The molecule has 1 fully saturated rings. The smallest absolute Gasteiger partial charge is 0.497 e. The third kappa shape index (κ3) is 2.99. The number of β-lactam (4-membered cyclic amide) rings is 1. The van der Waals surface area contributed by atoms with Crippen LogP contribution in [0.2, 0.25) is 0 Å². The van der Waals surface area contributed by atoms with Crippen molar-refractivity contribution in [3.8, 4) is 5.75 Å². The lowest BCUT2D eigenvalue weighted by Gasteiger charge is -2.46. The number of carbonyl (C=O) groups is 2. The average Bonchev–Trinajstić information content (AvgIpc) is 2.64. The van der Waals surface area contributed by atoms with Crippen molar-refractivity contribution in [2.45, 2.75) is 18.0 Å². The highest BCUT2D eigenvalue weighted by molar-refractivity contribution is 8.00. The van der Waals surface area contributed by atoms with E-state index in [2.05, 4.69) is 0 Å². The van der Waals surface area contributed by atoms with Gasteiger partial charge in [0.2, 0.25) is 18.2 Å². The molecule has 2 N–H and O–H groups in total. The number of carbonyl (C=O) groups excluding carboxylic acids is 2. The minimum Gasteiger partial charge on any atom is -0.497 e. The predicted molar refractivity (Wildman–Crippen MR) is 91.6 cm³/mol. The Kier molecular flexibility index (Phi) is 5.03. The molecule has 0 aromatic heterocycles. The highest BCUT2D eigenvalue weighted by Gasteiger charge is 2.54. The molecule has 0 unspecified atom stereocenters. The van der Waals surface area contributed by atoms with Crippen LogP contribution in [0.25, 0.3) is 0 Å². The number of hydrogen-bond acceptors (Lipinski definition) is 6. The molecule has 1 saturated heterocycles. The van der Waals surface area contributed by atoms with E-state index in [1.165, 1.54) is 16.7 Å². The summed E-state index contributed by atoms with van der Waals surface area (Å²) >= 11 is 7.44. The molecule has 0 bridgehead atoms. The summed E-state index contributed by atoms with van der Waals surface area (Å²) in [5.74, 6) is 0.646. The number of fused-ring (bicyclic) bond motifs is 1. The summed E-state index contributed by atoms with van der Waals surface area (Å²) in [6, 6.07) is 6.63. The highest BCUT2D eigenvalue weighted by atomic mass is 35.5. The standard InChI is InChI=1S/C16H17ClN2O4S/c1-22-11-4-2-9(3-5-11)7-23-16(21)13-10(6-17)8-24-15-12(18)14(20)19(13)15/h2-5,12,15H,6-8,18H2,1H3/q+1/t12-,15-/m1/s1. The van der Waals surface area contributed by atoms with Gasteiger partial charge in [0.15, 0.2) is 0 Å². The van der Waals surface area contributed by atoms with Crippen molar-refractivity contribution >= 4 is 35.2 Å². The van der Waals surface area contributed by atoms with E-state index < -0.39 is 12.0 Å². The number of methoxy groups -OCH3 is 1. The molecule has 24 heavy (non-hydrogen) atoms. The number of ether oxygens (including phenoxy) is 2. The molecule has 2 atom stereocenters. The first kappa shape index (κ1) is 17.1. The van der Waals surface area contributed by atoms with E-state index >= 15 is 0 Å². The lowest BCUT2D eigenvalue weighted by Crippen LogP contribution is -2.68. The fourth-order valence-electron chi connectivity index (χ4n) is 2.61. The van der Waals surface area contributed by atoms with Gasteiger partial charge in [-0.15, -0.1) is 23.4 Å². The molecule has 2 heterocycles. The van der Waals surface area contributed by atoms with Gasteiger partial charge in [0.05, 0.1) is 11.9 Å². The second kappa shape index (κ2) is 7.04. The average molecular weight is 369 g/mol. The molecule has 1 amide bonds. The molecule has 6 nitrogen and oxygen atoms in total. The molecular weight excluding hydrogens is 352 g/mol. The molecule has 2 aliphatic rings. The van der Waals surface area contributed by atoms with Crippen LogP contribution in [0.1, 0.15) is 5.56 Å². The van der Waals surface area contributed by atoms with Gasteiger partial charge in [-0.1, -0.05) is 0 Å². The number of esters is 1. The Balaban J connectivity index is 1.72. The summed E-state index contributed by atoms with van der Waals surface area (Å²) in [5, 5.41) is -0.215. The number of rotatable bonds is 5. The van der Waals surface area contributed by atoms with E-state index in [1.54, 1.807) is 19.2 Å². The molecule has 1 aromatic rings. The van der Waals surface area contributed by atoms with Crippen molar-refractivity contribution in [2.75, 3.05) is 18.7 Å². The first-order chi connectivity index (χ1) is 11.6. The topological polar surface area (TPSA) is 84.7 Å². The van der Waals surface area contributed by atoms with Crippen LogP contribution in [0, 0.1) is 0 Å². The maximum atomic E-state index is 12.5. The van der Waals surface area contributed by atoms with E-state index in [-0.39, 0.29) is 29.5 Å². The van der Waals surface area contributed by atoms with Gasteiger partial charge in [0.25, 0.3) is 0 Å². The number of halogens is 1. The summed E-state index contributed by atoms with van der Waals surface area (Å²) < 4.78 is 10.5. The minimum absolute atomic E-state index is 0.105. The first-order valence-corrected chi connectivity index (χ1v) is 8.93. The van der Waals surface area contributed by atoms with Gasteiger partial charge < -0.3 is 15.2 Å². The van der Waals surface area contributed by atoms with Crippen molar-refractivity contribution in [1.82, 2.24) is 4.90 Å². The van der Waals surface area contributed by atoms with Crippen LogP contribution in [0.4, 0.5) is 0 Å². The van der Waals surface area contributed by atoms with E-state index in [4.69, 9.17) is 26.8 Å². The van der Waals surface area contributed by atoms with Crippen molar-refractivity contribution in [2.24, 2.45) is 5.73 Å². The van der Waals surface area contributed by atoms with Gasteiger partial charge >= 0.3 is 5.97 Å². The molecule has 0 saturated carbocycles. The van der Waals surface area contributed by atoms with Crippen molar-refractivity contribution in [3.05, 3.63) is 41.1 Å². The maximum Gasteiger partial charge on any atom is 0.624 e. The summed E-state index contributed by atoms with van der Waals surface area (Å²) in [6.07, 6.45) is 0. The number of nitrogens with zero attached hydrogens (tertiary/aromatic N) is 1. The van der Waals surface area contributed by atoms with E-state index in [0.717, 1.165) is 11.3 Å². The number of amides is 1. The van der Waals surface area contributed by atoms with Gasteiger partial charge in [-0.05, 0) is 29.8 Å².